The number of carbonyl (C=O) groups is 1. The van der Waals surface area contributed by atoms with Crippen molar-refractivity contribution in [2.75, 3.05) is 6.54 Å². The molecule has 0 spiro atoms. The van der Waals surface area contributed by atoms with E-state index < -0.39 is 23.5 Å². The van der Waals surface area contributed by atoms with Crippen molar-refractivity contribution >= 4 is 17.7 Å². The Labute approximate surface area is 152 Å². The number of alkyl halides is 6. The first-order valence-electron chi connectivity index (χ1n) is 7.53. The van der Waals surface area contributed by atoms with Crippen LogP contribution in [-0.2, 0) is 22.9 Å². The molecule has 9 heteroatoms. The van der Waals surface area contributed by atoms with Crippen LogP contribution in [0.2, 0.25) is 0 Å². The SMILES string of the molecule is CC(C)(C)CNC(=O)/C=C\SCc1cc(C(F)(F)F)cc(C(F)(F)F)c1. The maximum Gasteiger partial charge on any atom is 0.416 e. The number of amides is 1. The maximum atomic E-state index is 12.8. The summed E-state index contributed by atoms with van der Waals surface area (Å²) < 4.78 is 76.6. The minimum atomic E-state index is -4.87. The Hall–Kier alpha value is -1.64. The number of thioether (sulfide) groups is 1. The molecule has 0 saturated carbocycles. The van der Waals surface area contributed by atoms with Gasteiger partial charge in [0.15, 0.2) is 0 Å². The van der Waals surface area contributed by atoms with E-state index in [1.807, 2.05) is 20.8 Å². The van der Waals surface area contributed by atoms with Crippen LogP contribution < -0.4 is 5.32 Å². The summed E-state index contributed by atoms with van der Waals surface area (Å²) in [6.07, 6.45) is -8.55. The highest BCUT2D eigenvalue weighted by Crippen LogP contribution is 2.37. The molecule has 1 aromatic rings. The molecule has 0 saturated heterocycles. The highest BCUT2D eigenvalue weighted by Gasteiger charge is 2.36. The van der Waals surface area contributed by atoms with Gasteiger partial charge in [0.1, 0.15) is 0 Å². The van der Waals surface area contributed by atoms with E-state index in [0.29, 0.717) is 18.7 Å². The van der Waals surface area contributed by atoms with Gasteiger partial charge >= 0.3 is 12.4 Å². The summed E-state index contributed by atoms with van der Waals surface area (Å²) in [6, 6.07) is 1.44. The van der Waals surface area contributed by atoms with E-state index in [1.165, 1.54) is 11.5 Å². The lowest BCUT2D eigenvalue weighted by atomic mass is 9.97. The highest BCUT2D eigenvalue weighted by atomic mass is 32.2. The predicted molar refractivity (Wildman–Crippen MR) is 89.3 cm³/mol. The topological polar surface area (TPSA) is 29.1 Å². The van der Waals surface area contributed by atoms with Crippen LogP contribution in [0, 0.1) is 5.41 Å². The molecule has 0 aliphatic heterocycles. The number of rotatable bonds is 5. The van der Waals surface area contributed by atoms with E-state index in [-0.39, 0.29) is 28.7 Å². The van der Waals surface area contributed by atoms with Gasteiger partial charge in [0.2, 0.25) is 5.91 Å². The summed E-state index contributed by atoms with van der Waals surface area (Å²) >= 11 is 0.931. The zero-order chi connectivity index (χ0) is 20.2. The first kappa shape index (κ1) is 22.4. The molecular weight excluding hydrogens is 380 g/mol. The number of halogens is 6. The fourth-order valence-corrected chi connectivity index (χ4v) is 2.44. The summed E-state index contributed by atoms with van der Waals surface area (Å²) in [6.45, 7) is 6.22. The van der Waals surface area contributed by atoms with Gasteiger partial charge in [-0.1, -0.05) is 20.8 Å². The van der Waals surface area contributed by atoms with Gasteiger partial charge in [0.25, 0.3) is 0 Å². The van der Waals surface area contributed by atoms with Crippen LogP contribution in [-0.4, -0.2) is 12.5 Å². The van der Waals surface area contributed by atoms with Crippen LogP contribution in [0.1, 0.15) is 37.5 Å². The summed E-state index contributed by atoms with van der Waals surface area (Å²) in [5.74, 6) is -0.511. The Morgan fingerprint density at radius 1 is 1.00 bits per heavy atom. The average Bonchev–Trinajstić information content (AvgIpc) is 2.47. The Kier molecular flexibility index (Phi) is 7.21. The van der Waals surface area contributed by atoms with E-state index in [9.17, 15) is 31.1 Å². The molecular formula is C17H19F6NOS. The second-order valence-corrected chi connectivity index (χ2v) is 7.70. The summed E-state index contributed by atoms with van der Waals surface area (Å²) in [5.41, 5.74) is -2.94. The van der Waals surface area contributed by atoms with Gasteiger partial charge in [-0.15, -0.1) is 11.8 Å². The van der Waals surface area contributed by atoms with Gasteiger partial charge in [-0.05, 0) is 34.6 Å². The van der Waals surface area contributed by atoms with Gasteiger partial charge in [-0.2, -0.15) is 26.3 Å². The van der Waals surface area contributed by atoms with Crippen LogP contribution in [0.3, 0.4) is 0 Å². The van der Waals surface area contributed by atoms with Crippen molar-refractivity contribution in [3.63, 3.8) is 0 Å². The molecule has 0 aromatic heterocycles. The third-order valence-corrected chi connectivity index (χ3v) is 3.83. The van der Waals surface area contributed by atoms with Crippen molar-refractivity contribution in [3.05, 3.63) is 46.4 Å². The average molecular weight is 399 g/mol. The molecule has 1 aromatic carbocycles. The van der Waals surface area contributed by atoms with E-state index in [4.69, 9.17) is 0 Å². The number of nitrogens with one attached hydrogen (secondary N) is 1. The molecule has 2 nitrogen and oxygen atoms in total. The van der Waals surface area contributed by atoms with Gasteiger partial charge in [0, 0.05) is 18.4 Å². The molecule has 1 amide bonds. The van der Waals surface area contributed by atoms with Crippen molar-refractivity contribution < 1.29 is 31.1 Å². The van der Waals surface area contributed by atoms with Gasteiger partial charge in [-0.25, -0.2) is 0 Å². The smallest absolute Gasteiger partial charge is 0.352 e. The van der Waals surface area contributed by atoms with E-state index in [0.717, 1.165) is 11.8 Å². The van der Waals surface area contributed by atoms with Crippen LogP contribution in [0.5, 0.6) is 0 Å². The first-order valence-corrected chi connectivity index (χ1v) is 8.58. The molecule has 26 heavy (non-hydrogen) atoms. The van der Waals surface area contributed by atoms with Gasteiger partial charge < -0.3 is 5.32 Å². The van der Waals surface area contributed by atoms with Crippen LogP contribution in [0.4, 0.5) is 26.3 Å². The molecule has 146 valence electrons. The number of hydrogen-bond donors (Lipinski definition) is 1. The zero-order valence-electron chi connectivity index (χ0n) is 14.4. The largest absolute Gasteiger partial charge is 0.416 e. The number of benzene rings is 1. The zero-order valence-corrected chi connectivity index (χ0v) is 15.2. The predicted octanol–water partition coefficient (Wildman–Crippen LogP) is 5.63. The fourth-order valence-electron chi connectivity index (χ4n) is 1.77. The fraction of sp³-hybridized carbons (Fsp3) is 0.471. The van der Waals surface area contributed by atoms with E-state index >= 15 is 0 Å². The minimum absolute atomic E-state index is 0.0873. The molecule has 0 radical (unpaired) electrons. The lowest BCUT2D eigenvalue weighted by Crippen LogP contribution is -2.30. The van der Waals surface area contributed by atoms with E-state index in [2.05, 4.69) is 5.32 Å². The molecule has 0 unspecified atom stereocenters. The Balaban J connectivity index is 2.78. The molecule has 0 aliphatic carbocycles. The van der Waals surface area contributed by atoms with Crippen molar-refractivity contribution in [1.29, 1.82) is 0 Å². The van der Waals surface area contributed by atoms with E-state index in [1.54, 1.807) is 0 Å². The Morgan fingerprint density at radius 3 is 1.92 bits per heavy atom. The first-order chi connectivity index (χ1) is 11.7. The normalized spacial score (nSPS) is 13.3. The summed E-state index contributed by atoms with van der Waals surface area (Å²) in [7, 11) is 0. The second-order valence-electron chi connectivity index (χ2n) is 6.81. The molecule has 0 aliphatic rings. The van der Waals surface area contributed by atoms with Crippen molar-refractivity contribution in [2.45, 2.75) is 38.9 Å². The number of hydrogen-bond acceptors (Lipinski definition) is 2. The van der Waals surface area contributed by atoms with Crippen LogP contribution in [0.15, 0.2) is 29.7 Å². The lowest BCUT2D eigenvalue weighted by Gasteiger charge is -2.17. The number of carbonyl (C=O) groups excluding carboxylic acids is 1. The summed E-state index contributed by atoms with van der Waals surface area (Å²) in [4.78, 5) is 11.6. The third kappa shape index (κ3) is 8.16. The van der Waals surface area contributed by atoms with Crippen molar-refractivity contribution in [1.82, 2.24) is 5.32 Å². The second kappa shape index (κ2) is 8.37. The van der Waals surface area contributed by atoms with Crippen LogP contribution >= 0.6 is 11.8 Å². The van der Waals surface area contributed by atoms with Gasteiger partial charge in [-0.3, -0.25) is 4.79 Å². The molecule has 0 heterocycles. The van der Waals surface area contributed by atoms with Crippen molar-refractivity contribution in [3.8, 4) is 0 Å². The van der Waals surface area contributed by atoms with Gasteiger partial charge in [0.05, 0.1) is 11.1 Å². The lowest BCUT2D eigenvalue weighted by molar-refractivity contribution is -0.143. The summed E-state index contributed by atoms with van der Waals surface area (Å²) in [5, 5.41) is 3.98. The Bertz CT molecular complexity index is 626. The van der Waals surface area contributed by atoms with Crippen molar-refractivity contribution in [2.24, 2.45) is 5.41 Å². The minimum Gasteiger partial charge on any atom is -0.352 e. The standard InChI is InChI=1S/C17H19F6NOS/c1-15(2,3)10-24-14(25)4-5-26-9-11-6-12(16(18,19)20)8-13(7-11)17(21,22)23/h4-8H,9-10H2,1-3H3,(H,24,25)/b5-4-. The quantitative estimate of drug-likeness (QED) is 0.513. The van der Waals surface area contributed by atoms with Crippen LogP contribution in [0.25, 0.3) is 0 Å². The maximum absolute atomic E-state index is 12.8. The molecule has 0 fully saturated rings. The highest BCUT2D eigenvalue weighted by molar-refractivity contribution is 8.01. The molecule has 0 bridgehead atoms. The Morgan fingerprint density at radius 2 is 1.50 bits per heavy atom. The molecule has 1 N–H and O–H groups in total. The molecule has 0 atom stereocenters. The third-order valence-electron chi connectivity index (χ3n) is 3.01. The molecule has 1 rings (SSSR count). The monoisotopic (exact) mass is 399 g/mol.